The molecule has 0 unspecified atom stereocenters. The third-order valence-corrected chi connectivity index (χ3v) is 6.72. The van der Waals surface area contributed by atoms with Crippen LogP contribution in [-0.2, 0) is 10.0 Å². The van der Waals surface area contributed by atoms with E-state index in [9.17, 15) is 8.42 Å². The molecule has 2 aromatic heterocycles. The van der Waals surface area contributed by atoms with Crippen LogP contribution in [0.4, 0.5) is 5.82 Å². The molecule has 7 nitrogen and oxygen atoms in total. The molecule has 1 aliphatic rings. The molecule has 1 saturated carbocycles. The fraction of sp³-hybridized carbons (Fsp3) is 0.333. The summed E-state index contributed by atoms with van der Waals surface area (Å²) in [5.41, 5.74) is 7.28. The predicted molar refractivity (Wildman–Crippen MR) is 121 cm³/mol. The van der Waals surface area contributed by atoms with Crippen molar-refractivity contribution in [2.24, 2.45) is 5.73 Å². The molecule has 4 rings (SSSR count). The van der Waals surface area contributed by atoms with Crippen LogP contribution in [0, 0.1) is 6.92 Å². The Morgan fingerprint density at radius 3 is 2.36 bits per heavy atom. The minimum atomic E-state index is -3.71. The zero-order chi connectivity index (χ0) is 18.5. The number of hydrogen-bond acceptors (Lipinski definition) is 6. The van der Waals surface area contributed by atoms with Crippen molar-refractivity contribution >= 4 is 60.8 Å². The molecule has 0 atom stereocenters. The molecule has 0 radical (unpaired) electrons. The van der Waals surface area contributed by atoms with Crippen molar-refractivity contribution in [3.63, 3.8) is 0 Å². The molecule has 152 valence electrons. The smallest absolute Gasteiger partial charge is 0.269 e. The third-order valence-electron chi connectivity index (χ3n) is 5.04. The van der Waals surface area contributed by atoms with Gasteiger partial charge in [0, 0.05) is 25.3 Å². The second-order valence-electron chi connectivity index (χ2n) is 6.86. The van der Waals surface area contributed by atoms with Crippen molar-refractivity contribution in [1.82, 2.24) is 13.9 Å². The van der Waals surface area contributed by atoms with Gasteiger partial charge in [0.2, 0.25) is 0 Å². The highest BCUT2D eigenvalue weighted by Gasteiger charge is 2.31. The highest BCUT2D eigenvalue weighted by molar-refractivity contribution is 8.93. The van der Waals surface area contributed by atoms with Gasteiger partial charge in [0.1, 0.15) is 12.1 Å². The third kappa shape index (κ3) is 3.83. The Labute approximate surface area is 185 Å². The quantitative estimate of drug-likeness (QED) is 0.555. The largest absolute Gasteiger partial charge is 0.356 e. The first-order valence-electron chi connectivity index (χ1n) is 8.50. The van der Waals surface area contributed by atoms with Crippen LogP contribution < -0.4 is 10.6 Å². The van der Waals surface area contributed by atoms with E-state index in [-0.39, 0.29) is 44.9 Å². The lowest BCUT2D eigenvalue weighted by molar-refractivity contribution is 0.339. The summed E-state index contributed by atoms with van der Waals surface area (Å²) in [6.07, 6.45) is 4.76. The van der Waals surface area contributed by atoms with Gasteiger partial charge in [-0.1, -0.05) is 17.7 Å². The van der Waals surface area contributed by atoms with Gasteiger partial charge in [0.25, 0.3) is 10.0 Å². The van der Waals surface area contributed by atoms with E-state index in [0.717, 1.165) is 24.2 Å². The lowest BCUT2D eigenvalue weighted by atomic mass is 9.86. The Hall–Kier alpha value is -1.49. The van der Waals surface area contributed by atoms with Crippen LogP contribution >= 0.6 is 34.0 Å². The topological polar surface area (TPSA) is 94.1 Å². The molecule has 0 spiro atoms. The Morgan fingerprint density at radius 1 is 1.11 bits per heavy atom. The van der Waals surface area contributed by atoms with E-state index in [1.165, 1.54) is 10.3 Å². The second kappa shape index (κ2) is 8.48. The van der Waals surface area contributed by atoms with Gasteiger partial charge < -0.3 is 10.6 Å². The highest BCUT2D eigenvalue weighted by Crippen LogP contribution is 2.31. The Kier molecular flexibility index (Phi) is 6.90. The van der Waals surface area contributed by atoms with Crippen LogP contribution in [0.1, 0.15) is 18.4 Å². The summed E-state index contributed by atoms with van der Waals surface area (Å²) in [4.78, 5) is 10.9. The number of rotatable bonds is 4. The van der Waals surface area contributed by atoms with Crippen LogP contribution in [-0.4, -0.2) is 41.5 Å². The first-order valence-corrected chi connectivity index (χ1v) is 9.94. The van der Waals surface area contributed by atoms with E-state index in [1.807, 2.05) is 14.0 Å². The molecule has 3 aromatic rings. The van der Waals surface area contributed by atoms with Gasteiger partial charge in [0.15, 0.2) is 5.65 Å². The highest BCUT2D eigenvalue weighted by atomic mass is 79.9. The summed E-state index contributed by atoms with van der Waals surface area (Å²) >= 11 is 0. The average molecular weight is 533 g/mol. The lowest BCUT2D eigenvalue weighted by Crippen LogP contribution is -2.49. The van der Waals surface area contributed by atoms with Crippen LogP contribution in [0.2, 0.25) is 0 Å². The molecule has 0 bridgehead atoms. The van der Waals surface area contributed by atoms with Gasteiger partial charge >= 0.3 is 0 Å². The summed E-state index contributed by atoms with van der Waals surface area (Å²) < 4.78 is 27.3. The molecule has 1 aromatic carbocycles. The monoisotopic (exact) mass is 531 g/mol. The number of aromatic nitrogens is 3. The molecule has 2 heterocycles. The van der Waals surface area contributed by atoms with Gasteiger partial charge in [-0.05, 0) is 38.0 Å². The molecule has 0 saturated heterocycles. The number of benzene rings is 1. The fourth-order valence-corrected chi connectivity index (χ4v) is 4.63. The van der Waals surface area contributed by atoms with Gasteiger partial charge in [0.05, 0.1) is 10.3 Å². The summed E-state index contributed by atoms with van der Waals surface area (Å²) in [6.45, 7) is 1.92. The molecular formula is C18H23Br2N5O2S. The van der Waals surface area contributed by atoms with E-state index < -0.39 is 10.0 Å². The second-order valence-corrected chi connectivity index (χ2v) is 8.68. The number of anilines is 1. The number of halogens is 2. The molecule has 2 N–H and O–H groups in total. The number of aryl methyl sites for hydroxylation is 1. The van der Waals surface area contributed by atoms with E-state index in [0.29, 0.717) is 17.1 Å². The van der Waals surface area contributed by atoms with Crippen molar-refractivity contribution in [1.29, 1.82) is 0 Å². The maximum atomic E-state index is 13.0. The predicted octanol–water partition coefficient (Wildman–Crippen LogP) is 3.06. The number of hydrogen-bond donors (Lipinski definition) is 1. The van der Waals surface area contributed by atoms with Crippen LogP contribution in [0.5, 0.6) is 0 Å². The summed E-state index contributed by atoms with van der Waals surface area (Å²) in [5.74, 6) is 0.727. The molecule has 1 fully saturated rings. The summed E-state index contributed by atoms with van der Waals surface area (Å²) in [7, 11) is -1.75. The van der Waals surface area contributed by atoms with Gasteiger partial charge in [-0.3, -0.25) is 0 Å². The Bertz CT molecular complexity index is 1060. The lowest BCUT2D eigenvalue weighted by Gasteiger charge is -2.40. The zero-order valence-corrected chi connectivity index (χ0v) is 19.8. The van der Waals surface area contributed by atoms with E-state index >= 15 is 0 Å². The molecule has 10 heteroatoms. The van der Waals surface area contributed by atoms with Crippen molar-refractivity contribution in [3.05, 3.63) is 48.4 Å². The van der Waals surface area contributed by atoms with Crippen LogP contribution in [0.25, 0.3) is 11.0 Å². The first-order chi connectivity index (χ1) is 12.4. The van der Waals surface area contributed by atoms with E-state index in [4.69, 9.17) is 5.73 Å². The van der Waals surface area contributed by atoms with Crippen LogP contribution in [0.15, 0.2) is 47.8 Å². The van der Waals surface area contributed by atoms with Crippen molar-refractivity contribution in [2.45, 2.75) is 36.7 Å². The number of nitrogens with two attached hydrogens (primary N) is 1. The van der Waals surface area contributed by atoms with Gasteiger partial charge in [-0.2, -0.15) is 0 Å². The van der Waals surface area contributed by atoms with Crippen molar-refractivity contribution in [3.8, 4) is 0 Å². The summed E-state index contributed by atoms with van der Waals surface area (Å²) in [6, 6.07) is 9.09. The molecule has 1 aliphatic carbocycles. The fourth-order valence-electron chi connectivity index (χ4n) is 3.33. The Morgan fingerprint density at radius 2 is 1.75 bits per heavy atom. The molecule has 0 aliphatic heterocycles. The van der Waals surface area contributed by atoms with Crippen molar-refractivity contribution in [2.75, 3.05) is 11.9 Å². The normalized spacial score (nSPS) is 18.7. The van der Waals surface area contributed by atoms with E-state index in [2.05, 4.69) is 14.9 Å². The Balaban J connectivity index is 0.00000140. The molecular weight excluding hydrogens is 510 g/mol. The SMILES string of the molecule is Br.Br.Cc1ccc(S(=O)(=O)n2ccc3c(N(C)C4CC(N)C4)ncnc32)cc1. The minimum Gasteiger partial charge on any atom is -0.356 e. The standard InChI is InChI=1S/C18H21N5O2S.2BrH/c1-12-3-5-15(6-4-12)26(24,25)23-8-7-16-17(20-11-21-18(16)23)22(2)14-9-13(19)10-14;;/h3-8,11,13-14H,9-10,19H2,1-2H3;2*1H. The van der Waals surface area contributed by atoms with Crippen molar-refractivity contribution < 1.29 is 8.42 Å². The first kappa shape index (κ1) is 22.8. The number of fused-ring (bicyclic) bond motifs is 1. The van der Waals surface area contributed by atoms with E-state index in [1.54, 1.807) is 36.5 Å². The minimum absolute atomic E-state index is 0. The maximum Gasteiger partial charge on any atom is 0.269 e. The zero-order valence-electron chi connectivity index (χ0n) is 15.5. The summed E-state index contributed by atoms with van der Waals surface area (Å²) in [5, 5.41) is 0.714. The molecule has 28 heavy (non-hydrogen) atoms. The molecule has 0 amide bonds. The van der Waals surface area contributed by atoms with Gasteiger partial charge in [-0.15, -0.1) is 34.0 Å². The average Bonchev–Trinajstić information content (AvgIpc) is 3.03. The van der Waals surface area contributed by atoms with Gasteiger partial charge in [-0.25, -0.2) is 22.4 Å². The number of nitrogens with zero attached hydrogens (tertiary/aromatic N) is 4. The maximum absolute atomic E-state index is 13.0. The van der Waals surface area contributed by atoms with Crippen LogP contribution in [0.3, 0.4) is 0 Å².